The smallest absolute Gasteiger partial charge is 0.143 e. The van der Waals surface area contributed by atoms with Crippen LogP contribution in [0.2, 0.25) is 0 Å². The molecular formula is C11H13NO. The Labute approximate surface area is 78.0 Å². The molecule has 0 spiro atoms. The predicted octanol–water partition coefficient (Wildman–Crippen LogP) is 1.96. The van der Waals surface area contributed by atoms with Gasteiger partial charge in [-0.05, 0) is 11.6 Å². The molecule has 1 unspecified atom stereocenters. The molecule has 13 heavy (non-hydrogen) atoms. The van der Waals surface area contributed by atoms with E-state index in [9.17, 15) is 4.79 Å². The third-order valence-corrected chi connectivity index (χ3v) is 2.85. The highest BCUT2D eigenvalue weighted by atomic mass is 16.1. The lowest BCUT2D eigenvalue weighted by atomic mass is 9.81. The first-order valence-electron chi connectivity index (χ1n) is 4.47. The van der Waals surface area contributed by atoms with E-state index in [-0.39, 0.29) is 11.5 Å². The van der Waals surface area contributed by atoms with E-state index >= 15 is 0 Å². The standard InChI is InChI=1S/C11H13NO/c1-11(2)8-5-3-4-6-9(8)12-10(11)7-13/h3-7,10,12H,1-2H3. The molecule has 0 saturated carbocycles. The SMILES string of the molecule is CC1(C)c2ccccc2NC1C=O. The van der Waals surface area contributed by atoms with Crippen LogP contribution in [0.3, 0.4) is 0 Å². The molecule has 1 aromatic rings. The van der Waals surface area contributed by atoms with Gasteiger partial charge in [-0.2, -0.15) is 0 Å². The van der Waals surface area contributed by atoms with Crippen LogP contribution in [0.25, 0.3) is 0 Å². The number of carbonyl (C=O) groups is 1. The van der Waals surface area contributed by atoms with Crippen molar-refractivity contribution in [3.63, 3.8) is 0 Å². The van der Waals surface area contributed by atoms with Gasteiger partial charge in [0.1, 0.15) is 6.29 Å². The Hall–Kier alpha value is -1.31. The zero-order valence-corrected chi connectivity index (χ0v) is 7.87. The third-order valence-electron chi connectivity index (χ3n) is 2.85. The minimum atomic E-state index is -0.0927. The molecule has 68 valence electrons. The van der Waals surface area contributed by atoms with Crippen molar-refractivity contribution in [2.24, 2.45) is 0 Å². The van der Waals surface area contributed by atoms with Crippen LogP contribution in [0.1, 0.15) is 19.4 Å². The van der Waals surface area contributed by atoms with Gasteiger partial charge in [0.05, 0.1) is 6.04 Å². The van der Waals surface area contributed by atoms with Gasteiger partial charge >= 0.3 is 0 Å². The lowest BCUT2D eigenvalue weighted by Crippen LogP contribution is -2.34. The van der Waals surface area contributed by atoms with E-state index in [4.69, 9.17) is 0 Å². The summed E-state index contributed by atoms with van der Waals surface area (Å²) in [6, 6.07) is 7.99. The lowest BCUT2D eigenvalue weighted by molar-refractivity contribution is -0.109. The number of aldehydes is 1. The van der Waals surface area contributed by atoms with E-state index in [0.29, 0.717) is 0 Å². The van der Waals surface area contributed by atoms with E-state index in [1.807, 2.05) is 18.2 Å². The van der Waals surface area contributed by atoms with E-state index in [1.54, 1.807) is 0 Å². The van der Waals surface area contributed by atoms with Gasteiger partial charge < -0.3 is 10.1 Å². The second-order valence-electron chi connectivity index (χ2n) is 4.03. The summed E-state index contributed by atoms with van der Waals surface area (Å²) in [5.41, 5.74) is 2.23. The summed E-state index contributed by atoms with van der Waals surface area (Å²) in [6.45, 7) is 4.18. The van der Waals surface area contributed by atoms with Gasteiger partial charge in [-0.1, -0.05) is 32.0 Å². The monoisotopic (exact) mass is 175 g/mol. The van der Waals surface area contributed by atoms with Gasteiger partial charge in [-0.15, -0.1) is 0 Å². The second-order valence-corrected chi connectivity index (χ2v) is 4.03. The Morgan fingerprint density at radius 3 is 2.69 bits per heavy atom. The summed E-state index contributed by atoms with van der Waals surface area (Å²) in [7, 11) is 0. The number of anilines is 1. The van der Waals surface area contributed by atoms with Gasteiger partial charge in [0.25, 0.3) is 0 Å². The highest BCUT2D eigenvalue weighted by Gasteiger charge is 2.38. The molecule has 1 N–H and O–H groups in total. The summed E-state index contributed by atoms with van der Waals surface area (Å²) in [5.74, 6) is 0. The van der Waals surface area contributed by atoms with Gasteiger partial charge in [-0.3, -0.25) is 0 Å². The summed E-state index contributed by atoms with van der Waals surface area (Å²) >= 11 is 0. The van der Waals surface area contributed by atoms with E-state index in [1.165, 1.54) is 5.56 Å². The van der Waals surface area contributed by atoms with Gasteiger partial charge in [0, 0.05) is 11.1 Å². The number of benzene rings is 1. The number of rotatable bonds is 1. The van der Waals surface area contributed by atoms with Crippen molar-refractivity contribution in [1.82, 2.24) is 0 Å². The first-order chi connectivity index (χ1) is 6.16. The van der Waals surface area contributed by atoms with Gasteiger partial charge in [0.2, 0.25) is 0 Å². The van der Waals surface area contributed by atoms with Crippen molar-refractivity contribution in [2.45, 2.75) is 25.3 Å². The Morgan fingerprint density at radius 2 is 2.08 bits per heavy atom. The molecule has 2 rings (SSSR count). The minimum Gasteiger partial charge on any atom is -0.375 e. The molecule has 0 aromatic heterocycles. The quantitative estimate of drug-likeness (QED) is 0.661. The second kappa shape index (κ2) is 2.59. The summed E-state index contributed by atoms with van der Waals surface area (Å²) in [6.07, 6.45) is 0.986. The molecule has 0 radical (unpaired) electrons. The van der Waals surface area contributed by atoms with Crippen molar-refractivity contribution in [2.75, 3.05) is 5.32 Å². The highest BCUT2D eigenvalue weighted by Crippen LogP contribution is 2.39. The molecule has 0 aliphatic carbocycles. The molecule has 0 amide bonds. The van der Waals surface area contributed by atoms with Crippen molar-refractivity contribution >= 4 is 12.0 Å². The molecule has 1 heterocycles. The first-order valence-corrected chi connectivity index (χ1v) is 4.47. The van der Waals surface area contributed by atoms with Crippen molar-refractivity contribution in [1.29, 1.82) is 0 Å². The van der Waals surface area contributed by atoms with E-state index in [0.717, 1.165) is 12.0 Å². The average Bonchev–Trinajstić information content (AvgIpc) is 2.39. The van der Waals surface area contributed by atoms with Crippen LogP contribution >= 0.6 is 0 Å². The number of carbonyl (C=O) groups excluding carboxylic acids is 1. The summed E-state index contributed by atoms with van der Waals surface area (Å²) in [4.78, 5) is 10.8. The van der Waals surface area contributed by atoms with Crippen molar-refractivity contribution in [3.05, 3.63) is 29.8 Å². The molecular weight excluding hydrogens is 162 g/mol. The highest BCUT2D eigenvalue weighted by molar-refractivity contribution is 5.75. The van der Waals surface area contributed by atoms with Crippen LogP contribution in [0.4, 0.5) is 5.69 Å². The van der Waals surface area contributed by atoms with Crippen LogP contribution < -0.4 is 5.32 Å². The maximum absolute atomic E-state index is 10.8. The van der Waals surface area contributed by atoms with E-state index < -0.39 is 0 Å². The summed E-state index contributed by atoms with van der Waals surface area (Å²) in [5, 5.41) is 3.21. The molecule has 0 fully saturated rings. The van der Waals surface area contributed by atoms with E-state index in [2.05, 4.69) is 25.2 Å². The summed E-state index contributed by atoms with van der Waals surface area (Å²) < 4.78 is 0. The number of hydrogen-bond donors (Lipinski definition) is 1. The Balaban J connectivity index is 2.53. The average molecular weight is 175 g/mol. The van der Waals surface area contributed by atoms with Crippen LogP contribution in [0, 0.1) is 0 Å². The van der Waals surface area contributed by atoms with Crippen LogP contribution in [0.5, 0.6) is 0 Å². The number of fused-ring (bicyclic) bond motifs is 1. The van der Waals surface area contributed by atoms with Crippen LogP contribution in [-0.4, -0.2) is 12.3 Å². The van der Waals surface area contributed by atoms with Gasteiger partial charge in [-0.25, -0.2) is 0 Å². The van der Waals surface area contributed by atoms with Crippen molar-refractivity contribution < 1.29 is 4.79 Å². The third kappa shape index (κ3) is 1.05. The molecule has 0 bridgehead atoms. The number of hydrogen-bond acceptors (Lipinski definition) is 2. The lowest BCUT2D eigenvalue weighted by Gasteiger charge is -2.22. The molecule has 2 nitrogen and oxygen atoms in total. The zero-order valence-electron chi connectivity index (χ0n) is 7.87. The first kappa shape index (κ1) is 8.30. The molecule has 0 saturated heterocycles. The Kier molecular flexibility index (Phi) is 1.65. The largest absolute Gasteiger partial charge is 0.375 e. The fourth-order valence-corrected chi connectivity index (χ4v) is 1.89. The van der Waals surface area contributed by atoms with Crippen LogP contribution in [-0.2, 0) is 10.2 Å². The topological polar surface area (TPSA) is 29.1 Å². The molecule has 1 aliphatic rings. The molecule has 2 heteroatoms. The predicted molar refractivity (Wildman–Crippen MR) is 52.9 cm³/mol. The minimum absolute atomic E-state index is 0.0850. The fraction of sp³-hybridized carbons (Fsp3) is 0.364. The Morgan fingerprint density at radius 1 is 1.38 bits per heavy atom. The number of nitrogens with one attached hydrogen (secondary N) is 1. The number of para-hydroxylation sites is 1. The maximum Gasteiger partial charge on any atom is 0.143 e. The molecule has 1 atom stereocenters. The normalized spacial score (nSPS) is 23.4. The Bertz CT molecular complexity index is 344. The molecule has 1 aliphatic heterocycles. The fourth-order valence-electron chi connectivity index (χ4n) is 1.89. The van der Waals surface area contributed by atoms with Crippen LogP contribution in [0.15, 0.2) is 24.3 Å². The van der Waals surface area contributed by atoms with Crippen molar-refractivity contribution in [3.8, 4) is 0 Å². The molecule has 1 aromatic carbocycles. The maximum atomic E-state index is 10.8. The van der Waals surface area contributed by atoms with Gasteiger partial charge in [0.15, 0.2) is 0 Å². The zero-order chi connectivity index (χ0) is 9.47.